The van der Waals surface area contributed by atoms with Crippen molar-refractivity contribution in [3.63, 3.8) is 0 Å². The van der Waals surface area contributed by atoms with Crippen LogP contribution in [0.25, 0.3) is 0 Å². The molecule has 1 unspecified atom stereocenters. The van der Waals surface area contributed by atoms with Gasteiger partial charge in [0.15, 0.2) is 6.23 Å². The van der Waals surface area contributed by atoms with Crippen LogP contribution < -0.4 is 5.32 Å². The molecule has 0 radical (unpaired) electrons. The van der Waals surface area contributed by atoms with Crippen LogP contribution >= 0.6 is 0 Å². The van der Waals surface area contributed by atoms with Crippen molar-refractivity contribution >= 4 is 11.7 Å². The normalized spacial score (nSPS) is 11.7. The summed E-state index contributed by atoms with van der Waals surface area (Å²) in [5.41, 5.74) is 2.57. The molecule has 1 N–H and O–H groups in total. The Morgan fingerprint density at radius 1 is 1.15 bits per heavy atom. The average Bonchev–Trinajstić information content (AvgIpc) is 2.47. The molecule has 0 saturated heterocycles. The molecule has 0 saturated carbocycles. The summed E-state index contributed by atoms with van der Waals surface area (Å²) in [6.45, 7) is 3.93. The van der Waals surface area contributed by atoms with E-state index in [1.165, 1.54) is 0 Å². The van der Waals surface area contributed by atoms with Gasteiger partial charge in [-0.1, -0.05) is 42.8 Å². The predicted molar refractivity (Wildman–Crippen MR) is 80.7 cm³/mol. The SMILES string of the molecule is CCC(Nc1ccccc1)OC(=O)c1cccc(C)c1. The molecule has 0 amide bonds. The molecule has 0 aliphatic carbocycles. The molecule has 2 rings (SSSR count). The topological polar surface area (TPSA) is 38.3 Å². The monoisotopic (exact) mass is 269 g/mol. The largest absolute Gasteiger partial charge is 0.438 e. The third kappa shape index (κ3) is 3.85. The maximum Gasteiger partial charge on any atom is 0.340 e. The fraction of sp³-hybridized carbons (Fsp3) is 0.235. The zero-order valence-corrected chi connectivity index (χ0v) is 11.8. The molecular weight excluding hydrogens is 250 g/mol. The number of para-hydroxylation sites is 1. The highest BCUT2D eigenvalue weighted by molar-refractivity contribution is 5.89. The molecule has 1 atom stereocenters. The molecule has 0 spiro atoms. The lowest BCUT2D eigenvalue weighted by Gasteiger charge is -2.19. The van der Waals surface area contributed by atoms with E-state index in [4.69, 9.17) is 4.74 Å². The lowest BCUT2D eigenvalue weighted by atomic mass is 10.1. The number of aryl methyl sites for hydroxylation is 1. The summed E-state index contributed by atoms with van der Waals surface area (Å²) in [6, 6.07) is 17.1. The number of ether oxygens (including phenoxy) is 1. The van der Waals surface area contributed by atoms with Gasteiger partial charge in [-0.05, 0) is 31.2 Å². The molecule has 0 fully saturated rings. The Balaban J connectivity index is 2.01. The second-order valence-electron chi connectivity index (χ2n) is 4.68. The standard InChI is InChI=1S/C17H19NO2/c1-3-16(18-15-10-5-4-6-11-15)20-17(19)14-9-7-8-13(2)12-14/h4-12,16,18H,3H2,1-2H3. The Hall–Kier alpha value is -2.29. The molecule has 3 nitrogen and oxygen atoms in total. The number of benzene rings is 2. The van der Waals surface area contributed by atoms with Gasteiger partial charge in [-0.25, -0.2) is 4.79 Å². The highest BCUT2D eigenvalue weighted by atomic mass is 16.6. The van der Waals surface area contributed by atoms with Gasteiger partial charge < -0.3 is 10.1 Å². The Bertz CT molecular complexity index is 566. The van der Waals surface area contributed by atoms with Gasteiger partial charge in [-0.2, -0.15) is 0 Å². The Morgan fingerprint density at radius 3 is 2.55 bits per heavy atom. The molecule has 0 heterocycles. The van der Waals surface area contributed by atoms with Gasteiger partial charge in [0.2, 0.25) is 0 Å². The number of carbonyl (C=O) groups excluding carboxylic acids is 1. The van der Waals surface area contributed by atoms with Gasteiger partial charge >= 0.3 is 5.97 Å². The fourth-order valence-corrected chi connectivity index (χ4v) is 1.90. The van der Waals surface area contributed by atoms with Crippen LogP contribution in [0.4, 0.5) is 5.69 Å². The van der Waals surface area contributed by atoms with Crippen LogP contribution in [0.1, 0.15) is 29.3 Å². The highest BCUT2D eigenvalue weighted by Gasteiger charge is 2.14. The molecule has 0 aliphatic heterocycles. The van der Waals surface area contributed by atoms with E-state index in [9.17, 15) is 4.79 Å². The number of esters is 1. The minimum absolute atomic E-state index is 0.302. The van der Waals surface area contributed by atoms with E-state index in [2.05, 4.69) is 5.32 Å². The molecule has 3 heteroatoms. The summed E-state index contributed by atoms with van der Waals surface area (Å²) in [5.74, 6) is -0.302. The highest BCUT2D eigenvalue weighted by Crippen LogP contribution is 2.12. The Morgan fingerprint density at radius 2 is 1.90 bits per heavy atom. The first-order valence-electron chi connectivity index (χ1n) is 6.78. The van der Waals surface area contributed by atoms with Gasteiger partial charge in [0.25, 0.3) is 0 Å². The number of anilines is 1. The van der Waals surface area contributed by atoms with Crippen LogP contribution in [0, 0.1) is 6.92 Å². The van der Waals surface area contributed by atoms with Crippen molar-refractivity contribution in [3.05, 3.63) is 65.7 Å². The first-order chi connectivity index (χ1) is 9.69. The van der Waals surface area contributed by atoms with Crippen molar-refractivity contribution < 1.29 is 9.53 Å². The van der Waals surface area contributed by atoms with E-state index in [0.29, 0.717) is 12.0 Å². The second kappa shape index (κ2) is 6.75. The zero-order chi connectivity index (χ0) is 14.4. The lowest BCUT2D eigenvalue weighted by Crippen LogP contribution is -2.25. The van der Waals surface area contributed by atoms with E-state index in [-0.39, 0.29) is 12.2 Å². The van der Waals surface area contributed by atoms with Gasteiger partial charge in [0.1, 0.15) is 0 Å². The van der Waals surface area contributed by atoms with Crippen LogP contribution in [0.3, 0.4) is 0 Å². The van der Waals surface area contributed by atoms with Crippen molar-refractivity contribution in [3.8, 4) is 0 Å². The number of nitrogens with one attached hydrogen (secondary N) is 1. The smallest absolute Gasteiger partial charge is 0.340 e. The molecule has 0 aliphatic rings. The minimum Gasteiger partial charge on any atom is -0.438 e. The van der Waals surface area contributed by atoms with Crippen LogP contribution in [0.2, 0.25) is 0 Å². The minimum atomic E-state index is -0.328. The van der Waals surface area contributed by atoms with Gasteiger partial charge in [-0.15, -0.1) is 0 Å². The molecule has 104 valence electrons. The van der Waals surface area contributed by atoms with Crippen LogP contribution in [-0.4, -0.2) is 12.2 Å². The van der Waals surface area contributed by atoms with Crippen LogP contribution in [0.15, 0.2) is 54.6 Å². The first-order valence-corrected chi connectivity index (χ1v) is 6.78. The van der Waals surface area contributed by atoms with Gasteiger partial charge in [0, 0.05) is 12.1 Å². The van der Waals surface area contributed by atoms with Crippen LogP contribution in [0.5, 0.6) is 0 Å². The van der Waals surface area contributed by atoms with Gasteiger partial charge in [-0.3, -0.25) is 0 Å². The van der Waals surface area contributed by atoms with E-state index in [0.717, 1.165) is 11.3 Å². The Labute approximate surface area is 119 Å². The predicted octanol–water partition coefficient (Wildman–Crippen LogP) is 4.00. The third-order valence-corrected chi connectivity index (χ3v) is 2.98. The van der Waals surface area contributed by atoms with Crippen LogP contribution in [-0.2, 0) is 4.74 Å². The number of carbonyl (C=O) groups is 1. The molecule has 0 bridgehead atoms. The molecule has 20 heavy (non-hydrogen) atoms. The van der Waals surface area contributed by atoms with E-state index < -0.39 is 0 Å². The summed E-state index contributed by atoms with van der Waals surface area (Å²) in [5, 5.41) is 3.20. The molecule has 2 aromatic rings. The summed E-state index contributed by atoms with van der Waals surface area (Å²) >= 11 is 0. The third-order valence-electron chi connectivity index (χ3n) is 2.98. The van der Waals surface area contributed by atoms with E-state index in [1.54, 1.807) is 6.07 Å². The maximum absolute atomic E-state index is 12.1. The average molecular weight is 269 g/mol. The quantitative estimate of drug-likeness (QED) is 0.658. The summed E-state index contributed by atoms with van der Waals surface area (Å²) in [7, 11) is 0. The van der Waals surface area contributed by atoms with Crippen molar-refractivity contribution in [2.24, 2.45) is 0 Å². The molecule has 0 aromatic heterocycles. The second-order valence-corrected chi connectivity index (χ2v) is 4.68. The molecular formula is C17H19NO2. The van der Waals surface area contributed by atoms with Crippen molar-refractivity contribution in [2.45, 2.75) is 26.5 Å². The van der Waals surface area contributed by atoms with Crippen molar-refractivity contribution in [1.29, 1.82) is 0 Å². The lowest BCUT2D eigenvalue weighted by molar-refractivity contribution is 0.0352. The first kappa shape index (κ1) is 14.1. The number of hydrogen-bond acceptors (Lipinski definition) is 3. The summed E-state index contributed by atoms with van der Waals surface area (Å²) < 4.78 is 5.49. The summed E-state index contributed by atoms with van der Waals surface area (Å²) in [6.07, 6.45) is 0.373. The van der Waals surface area contributed by atoms with Gasteiger partial charge in [0.05, 0.1) is 5.56 Å². The van der Waals surface area contributed by atoms with Crippen molar-refractivity contribution in [1.82, 2.24) is 0 Å². The number of hydrogen-bond donors (Lipinski definition) is 1. The van der Waals surface area contributed by atoms with E-state index in [1.807, 2.05) is 62.4 Å². The maximum atomic E-state index is 12.1. The van der Waals surface area contributed by atoms with Crippen molar-refractivity contribution in [2.75, 3.05) is 5.32 Å². The fourth-order valence-electron chi connectivity index (χ4n) is 1.90. The molecule has 2 aromatic carbocycles. The number of rotatable bonds is 5. The zero-order valence-electron chi connectivity index (χ0n) is 11.8. The summed E-state index contributed by atoms with van der Waals surface area (Å²) in [4.78, 5) is 12.1. The Kier molecular flexibility index (Phi) is 4.77. The van der Waals surface area contributed by atoms with E-state index >= 15 is 0 Å².